The quantitative estimate of drug-likeness (QED) is 0.512. The fourth-order valence-electron chi connectivity index (χ4n) is 3.00. The van der Waals surface area contributed by atoms with Crippen molar-refractivity contribution >= 4 is 11.8 Å². The molecule has 2 bridgehead atoms. The molecular formula is C11H16O4. The summed E-state index contributed by atoms with van der Waals surface area (Å²) in [4.78, 5) is 23.9. The van der Waals surface area contributed by atoms with Crippen molar-refractivity contribution in [1.29, 1.82) is 0 Å². The number of carbonyl (C=O) groups excluding carboxylic acids is 2. The van der Waals surface area contributed by atoms with Crippen LogP contribution >= 0.6 is 0 Å². The highest BCUT2D eigenvalue weighted by atomic mass is 16.5. The number of ketones is 1. The first-order valence-electron chi connectivity index (χ1n) is 5.29. The minimum Gasteiger partial charge on any atom is -0.468 e. The second-order valence-electron chi connectivity index (χ2n) is 4.87. The van der Waals surface area contributed by atoms with Crippen LogP contribution in [0.25, 0.3) is 0 Å². The van der Waals surface area contributed by atoms with Crippen molar-refractivity contribution in [2.24, 2.45) is 10.8 Å². The zero-order valence-corrected chi connectivity index (χ0v) is 9.08. The molecule has 4 nitrogen and oxygen atoms in total. The molecule has 15 heavy (non-hydrogen) atoms. The summed E-state index contributed by atoms with van der Waals surface area (Å²) < 4.78 is 4.72. The Balaban J connectivity index is 2.40. The van der Waals surface area contributed by atoms with Gasteiger partial charge in [0, 0.05) is 0 Å². The molecule has 4 heteroatoms. The number of rotatable bonds is 1. The Hall–Kier alpha value is -0.900. The number of carbonyl (C=O) groups is 2. The number of esters is 1. The number of fused-ring (bicyclic) bond motifs is 2. The van der Waals surface area contributed by atoms with Gasteiger partial charge in [-0.15, -0.1) is 0 Å². The minimum absolute atomic E-state index is 0.124. The largest absolute Gasteiger partial charge is 0.468 e. The summed E-state index contributed by atoms with van der Waals surface area (Å²) in [5.74, 6) is -0.552. The van der Waals surface area contributed by atoms with Gasteiger partial charge < -0.3 is 9.84 Å². The van der Waals surface area contributed by atoms with Gasteiger partial charge in [-0.2, -0.15) is 0 Å². The third kappa shape index (κ3) is 1.11. The van der Waals surface area contributed by atoms with E-state index < -0.39 is 22.9 Å². The fraction of sp³-hybridized carbons (Fsp3) is 0.818. The van der Waals surface area contributed by atoms with Crippen LogP contribution in [0.3, 0.4) is 0 Å². The van der Waals surface area contributed by atoms with Crippen molar-refractivity contribution in [3.05, 3.63) is 0 Å². The standard InChI is InChI=1S/C11H16O4/c1-10-5-6-11(8(10)13,9(14)15-2)4-3-7(10)12/h7,12H,3-6H2,1-2H3/t7-,10+,11-/m0/s1. The molecule has 3 atom stereocenters. The number of methoxy groups -OCH3 is 1. The Morgan fingerprint density at radius 1 is 1.47 bits per heavy atom. The molecule has 2 fully saturated rings. The first kappa shape index (κ1) is 10.6. The molecule has 0 aromatic carbocycles. The van der Waals surface area contributed by atoms with Crippen molar-refractivity contribution in [2.75, 3.05) is 7.11 Å². The third-order valence-corrected chi connectivity index (χ3v) is 4.18. The number of hydrogen-bond donors (Lipinski definition) is 1. The number of Topliss-reactive ketones (excluding diaryl/α,β-unsaturated/α-hetero) is 1. The summed E-state index contributed by atoms with van der Waals surface area (Å²) in [7, 11) is 1.31. The van der Waals surface area contributed by atoms with Gasteiger partial charge in [-0.3, -0.25) is 9.59 Å². The molecule has 0 saturated heterocycles. The van der Waals surface area contributed by atoms with Crippen LogP contribution in [0.2, 0.25) is 0 Å². The number of ether oxygens (including phenoxy) is 1. The Morgan fingerprint density at radius 3 is 2.73 bits per heavy atom. The molecule has 0 heterocycles. The monoisotopic (exact) mass is 212 g/mol. The van der Waals surface area contributed by atoms with Gasteiger partial charge in [-0.05, 0) is 25.7 Å². The first-order chi connectivity index (χ1) is 6.97. The van der Waals surface area contributed by atoms with E-state index in [1.807, 2.05) is 0 Å². The van der Waals surface area contributed by atoms with E-state index in [9.17, 15) is 14.7 Å². The lowest BCUT2D eigenvalue weighted by Crippen LogP contribution is -2.50. The highest BCUT2D eigenvalue weighted by Gasteiger charge is 2.64. The van der Waals surface area contributed by atoms with Gasteiger partial charge in [0.15, 0.2) is 5.78 Å². The molecule has 2 aliphatic carbocycles. The van der Waals surface area contributed by atoms with E-state index in [0.29, 0.717) is 25.7 Å². The summed E-state index contributed by atoms with van der Waals surface area (Å²) >= 11 is 0. The van der Waals surface area contributed by atoms with Crippen LogP contribution in [-0.4, -0.2) is 30.1 Å². The fourth-order valence-corrected chi connectivity index (χ4v) is 3.00. The van der Waals surface area contributed by atoms with Crippen molar-refractivity contribution < 1.29 is 19.4 Å². The molecule has 0 aromatic rings. The predicted octanol–water partition coefficient (Wildman–Crippen LogP) is 0.670. The van der Waals surface area contributed by atoms with E-state index in [1.54, 1.807) is 6.92 Å². The summed E-state index contributed by atoms with van der Waals surface area (Å²) in [6.45, 7) is 1.75. The highest BCUT2D eigenvalue weighted by molar-refractivity contribution is 6.08. The number of hydrogen-bond acceptors (Lipinski definition) is 4. The maximum Gasteiger partial charge on any atom is 0.319 e. The van der Waals surface area contributed by atoms with E-state index in [0.717, 1.165) is 0 Å². The number of aliphatic hydroxyl groups excluding tert-OH is 1. The smallest absolute Gasteiger partial charge is 0.319 e. The van der Waals surface area contributed by atoms with Crippen molar-refractivity contribution in [3.8, 4) is 0 Å². The van der Waals surface area contributed by atoms with Crippen molar-refractivity contribution in [2.45, 2.75) is 38.7 Å². The van der Waals surface area contributed by atoms with Crippen molar-refractivity contribution in [1.82, 2.24) is 0 Å². The summed E-state index contributed by atoms with van der Waals surface area (Å²) in [6, 6.07) is 0. The Labute approximate surface area is 88.6 Å². The second-order valence-corrected chi connectivity index (χ2v) is 4.87. The lowest BCUT2D eigenvalue weighted by molar-refractivity contribution is -0.164. The van der Waals surface area contributed by atoms with Gasteiger partial charge in [-0.1, -0.05) is 6.92 Å². The van der Waals surface area contributed by atoms with E-state index in [-0.39, 0.29) is 5.78 Å². The van der Waals surface area contributed by atoms with Crippen LogP contribution in [0, 0.1) is 10.8 Å². The average Bonchev–Trinajstić information content (AvgIpc) is 2.41. The lowest BCUT2D eigenvalue weighted by atomic mass is 9.67. The summed E-state index contributed by atoms with van der Waals surface area (Å²) in [6.07, 6.45) is 1.44. The van der Waals surface area contributed by atoms with Crippen LogP contribution in [0.1, 0.15) is 32.6 Å². The Bertz CT molecular complexity index is 321. The van der Waals surface area contributed by atoms with Gasteiger partial charge in [0.05, 0.1) is 18.6 Å². The maximum atomic E-state index is 12.2. The van der Waals surface area contributed by atoms with Crippen LogP contribution in [-0.2, 0) is 14.3 Å². The molecule has 0 amide bonds. The highest BCUT2D eigenvalue weighted by Crippen LogP contribution is 2.55. The molecule has 0 spiro atoms. The van der Waals surface area contributed by atoms with Crippen LogP contribution in [0.15, 0.2) is 0 Å². The topological polar surface area (TPSA) is 63.6 Å². The summed E-state index contributed by atoms with van der Waals surface area (Å²) in [5, 5.41) is 9.82. The van der Waals surface area contributed by atoms with Gasteiger partial charge in [0.1, 0.15) is 5.41 Å². The van der Waals surface area contributed by atoms with Gasteiger partial charge >= 0.3 is 5.97 Å². The van der Waals surface area contributed by atoms with E-state index in [1.165, 1.54) is 7.11 Å². The second kappa shape index (κ2) is 3.04. The Kier molecular flexibility index (Phi) is 2.15. The molecule has 2 saturated carbocycles. The molecule has 2 aliphatic rings. The van der Waals surface area contributed by atoms with Crippen molar-refractivity contribution in [3.63, 3.8) is 0 Å². The number of aliphatic hydroxyl groups is 1. The maximum absolute atomic E-state index is 12.2. The molecule has 0 radical (unpaired) electrons. The van der Waals surface area contributed by atoms with Gasteiger partial charge in [-0.25, -0.2) is 0 Å². The van der Waals surface area contributed by atoms with Crippen LogP contribution in [0.5, 0.6) is 0 Å². The molecule has 0 unspecified atom stereocenters. The third-order valence-electron chi connectivity index (χ3n) is 4.18. The zero-order valence-electron chi connectivity index (χ0n) is 9.08. The van der Waals surface area contributed by atoms with E-state index in [4.69, 9.17) is 4.74 Å². The van der Waals surface area contributed by atoms with Crippen LogP contribution < -0.4 is 0 Å². The van der Waals surface area contributed by atoms with Gasteiger partial charge in [0.2, 0.25) is 0 Å². The molecular weight excluding hydrogens is 196 g/mol. The van der Waals surface area contributed by atoms with E-state index >= 15 is 0 Å². The van der Waals surface area contributed by atoms with E-state index in [2.05, 4.69) is 0 Å². The van der Waals surface area contributed by atoms with Gasteiger partial charge in [0.25, 0.3) is 0 Å². The Morgan fingerprint density at radius 2 is 2.13 bits per heavy atom. The SMILES string of the molecule is COC(=O)[C@@]12CC[C@H](O)[C@@](C)(CC1)C2=O. The molecule has 0 aliphatic heterocycles. The first-order valence-corrected chi connectivity index (χ1v) is 5.29. The molecule has 2 rings (SSSR count). The summed E-state index contributed by atoms with van der Waals surface area (Å²) in [5.41, 5.74) is -1.69. The predicted molar refractivity (Wildman–Crippen MR) is 52.0 cm³/mol. The zero-order chi connectivity index (χ0) is 11.3. The normalized spacial score (nSPS) is 44.2. The molecule has 84 valence electrons. The van der Waals surface area contributed by atoms with Crippen LogP contribution in [0.4, 0.5) is 0 Å². The average molecular weight is 212 g/mol. The minimum atomic E-state index is -0.956. The molecule has 0 aromatic heterocycles. The molecule has 1 N–H and O–H groups in total. The lowest BCUT2D eigenvalue weighted by Gasteiger charge is -2.37.